The lowest BCUT2D eigenvalue weighted by Gasteiger charge is -2.05. The van der Waals surface area contributed by atoms with Crippen molar-refractivity contribution in [2.75, 3.05) is 5.32 Å². The molecular weight excluding hydrogens is 278 g/mol. The largest absolute Gasteiger partial charge is 0.311 e. The summed E-state index contributed by atoms with van der Waals surface area (Å²) in [6, 6.07) is 1.79. The van der Waals surface area contributed by atoms with Crippen LogP contribution >= 0.6 is 0 Å². The van der Waals surface area contributed by atoms with E-state index in [9.17, 15) is 9.59 Å². The number of anilines is 1. The van der Waals surface area contributed by atoms with Crippen LogP contribution in [0.1, 0.15) is 70.4 Å². The maximum Gasteiger partial charge on any atom is 0.232 e. The fraction of sp³-hybridized carbons (Fsp3) is 0.706. The molecule has 1 N–H and O–H groups in total. The van der Waals surface area contributed by atoms with E-state index in [-0.39, 0.29) is 18.1 Å². The molecule has 0 aliphatic heterocycles. The number of hydrogen-bond donors (Lipinski definition) is 1. The average molecular weight is 307 g/mol. The summed E-state index contributed by atoms with van der Waals surface area (Å²) in [5.41, 5.74) is 0.840. The number of hydrogen-bond acceptors (Lipinski definition) is 3. The summed E-state index contributed by atoms with van der Waals surface area (Å²) in [7, 11) is 1.77. The van der Waals surface area contributed by atoms with Crippen LogP contribution in [0.4, 0.5) is 5.82 Å². The molecule has 0 spiro atoms. The smallest absolute Gasteiger partial charge is 0.232 e. The van der Waals surface area contributed by atoms with Crippen molar-refractivity contribution in [2.45, 2.75) is 71.6 Å². The van der Waals surface area contributed by atoms with Gasteiger partial charge in [0, 0.05) is 19.5 Å². The number of ketones is 1. The number of Topliss-reactive ketones (excluding diaryl/α,β-unsaturated/α-hetero) is 1. The second kappa shape index (κ2) is 10.1. The van der Waals surface area contributed by atoms with Gasteiger partial charge in [-0.25, -0.2) is 0 Å². The first-order chi connectivity index (χ1) is 10.5. The molecule has 0 radical (unpaired) electrons. The fourth-order valence-corrected chi connectivity index (χ4v) is 2.46. The zero-order valence-electron chi connectivity index (χ0n) is 14.2. The lowest BCUT2D eigenvalue weighted by atomic mass is 10.1. The first-order valence-corrected chi connectivity index (χ1v) is 8.35. The van der Waals surface area contributed by atoms with Crippen LogP contribution in [0.15, 0.2) is 6.07 Å². The fourth-order valence-electron chi connectivity index (χ4n) is 2.46. The van der Waals surface area contributed by atoms with E-state index in [4.69, 9.17) is 0 Å². The Morgan fingerprint density at radius 1 is 1.14 bits per heavy atom. The summed E-state index contributed by atoms with van der Waals surface area (Å²) in [6.07, 6.45) is 8.72. The SMILES string of the molecule is CCCCCCCCCC(=O)CC(=O)Nc1cc(C)nn1C. The van der Waals surface area contributed by atoms with Crippen LogP contribution in [0, 0.1) is 6.92 Å². The number of carbonyl (C=O) groups excluding carboxylic acids is 2. The van der Waals surface area contributed by atoms with Crippen LogP contribution in [-0.2, 0) is 16.6 Å². The monoisotopic (exact) mass is 307 g/mol. The van der Waals surface area contributed by atoms with Gasteiger partial charge >= 0.3 is 0 Å². The molecule has 5 heteroatoms. The molecule has 0 unspecified atom stereocenters. The highest BCUT2D eigenvalue weighted by Gasteiger charge is 2.11. The number of amides is 1. The van der Waals surface area contributed by atoms with Gasteiger partial charge in [-0.15, -0.1) is 0 Å². The van der Waals surface area contributed by atoms with Crippen molar-refractivity contribution in [2.24, 2.45) is 7.05 Å². The molecule has 5 nitrogen and oxygen atoms in total. The van der Waals surface area contributed by atoms with Gasteiger partial charge in [0.1, 0.15) is 11.6 Å². The molecule has 1 heterocycles. The Labute approximate surface area is 133 Å². The number of unbranched alkanes of at least 4 members (excludes halogenated alkanes) is 6. The van der Waals surface area contributed by atoms with Crippen molar-refractivity contribution >= 4 is 17.5 Å². The molecule has 124 valence electrons. The highest BCUT2D eigenvalue weighted by Crippen LogP contribution is 2.11. The topological polar surface area (TPSA) is 64.0 Å². The van der Waals surface area contributed by atoms with Crippen molar-refractivity contribution in [1.29, 1.82) is 0 Å². The van der Waals surface area contributed by atoms with E-state index in [1.54, 1.807) is 17.8 Å². The Hall–Kier alpha value is -1.65. The quantitative estimate of drug-likeness (QED) is 0.500. The van der Waals surface area contributed by atoms with E-state index < -0.39 is 0 Å². The third kappa shape index (κ3) is 7.38. The molecule has 0 saturated carbocycles. The number of nitrogens with zero attached hydrogens (tertiary/aromatic N) is 2. The van der Waals surface area contributed by atoms with Crippen molar-refractivity contribution in [3.8, 4) is 0 Å². The van der Waals surface area contributed by atoms with Crippen molar-refractivity contribution in [3.63, 3.8) is 0 Å². The van der Waals surface area contributed by atoms with Crippen LogP contribution in [0.25, 0.3) is 0 Å². The zero-order chi connectivity index (χ0) is 16.4. The van der Waals surface area contributed by atoms with Gasteiger partial charge in [-0.3, -0.25) is 14.3 Å². The standard InChI is InChI=1S/C17H29N3O2/c1-4-5-6-7-8-9-10-11-15(21)13-17(22)18-16-12-14(2)19-20(16)3/h12H,4-11,13H2,1-3H3,(H,18,22). The number of aromatic nitrogens is 2. The number of rotatable bonds is 11. The van der Waals surface area contributed by atoms with Gasteiger partial charge in [0.05, 0.1) is 12.1 Å². The van der Waals surface area contributed by atoms with Gasteiger partial charge in [0.25, 0.3) is 0 Å². The predicted molar refractivity (Wildman–Crippen MR) is 88.8 cm³/mol. The normalized spacial score (nSPS) is 10.7. The Kier molecular flexibility index (Phi) is 8.48. The Morgan fingerprint density at radius 3 is 2.36 bits per heavy atom. The lowest BCUT2D eigenvalue weighted by molar-refractivity contribution is -0.125. The number of carbonyl (C=O) groups is 2. The summed E-state index contributed by atoms with van der Waals surface area (Å²) >= 11 is 0. The van der Waals surface area contributed by atoms with E-state index in [0.717, 1.165) is 18.5 Å². The molecule has 1 rings (SSSR count). The molecular formula is C17H29N3O2. The van der Waals surface area contributed by atoms with Gasteiger partial charge < -0.3 is 5.32 Å². The molecule has 1 aromatic rings. The van der Waals surface area contributed by atoms with Crippen LogP contribution < -0.4 is 5.32 Å². The van der Waals surface area contributed by atoms with Crippen molar-refractivity contribution in [3.05, 3.63) is 11.8 Å². The average Bonchev–Trinajstić information content (AvgIpc) is 2.75. The third-order valence-corrected chi connectivity index (χ3v) is 3.69. The Balaban J connectivity index is 2.14. The van der Waals surface area contributed by atoms with Crippen molar-refractivity contribution in [1.82, 2.24) is 9.78 Å². The maximum absolute atomic E-state index is 11.8. The highest BCUT2D eigenvalue weighted by atomic mass is 16.2. The lowest BCUT2D eigenvalue weighted by Crippen LogP contribution is -2.18. The number of aryl methyl sites for hydroxylation is 2. The molecule has 0 bridgehead atoms. The van der Waals surface area contributed by atoms with Gasteiger partial charge in [0.2, 0.25) is 5.91 Å². The maximum atomic E-state index is 11.8. The summed E-state index contributed by atoms with van der Waals surface area (Å²) in [5.74, 6) is 0.395. The van der Waals surface area contributed by atoms with Crippen LogP contribution in [-0.4, -0.2) is 21.5 Å². The molecule has 0 atom stereocenters. The van der Waals surface area contributed by atoms with E-state index in [1.165, 1.54) is 32.1 Å². The van der Waals surface area contributed by atoms with Crippen LogP contribution in [0.2, 0.25) is 0 Å². The van der Waals surface area contributed by atoms with Gasteiger partial charge in [-0.05, 0) is 13.3 Å². The van der Waals surface area contributed by atoms with Crippen LogP contribution in [0.5, 0.6) is 0 Å². The first kappa shape index (κ1) is 18.4. The van der Waals surface area contributed by atoms with Gasteiger partial charge in [-0.2, -0.15) is 5.10 Å². The van der Waals surface area contributed by atoms with Crippen molar-refractivity contribution < 1.29 is 9.59 Å². The van der Waals surface area contributed by atoms with E-state index in [1.807, 2.05) is 6.92 Å². The molecule has 0 fully saturated rings. The summed E-state index contributed by atoms with van der Waals surface area (Å²) in [4.78, 5) is 23.6. The molecule has 22 heavy (non-hydrogen) atoms. The minimum atomic E-state index is -0.254. The molecule has 0 saturated heterocycles. The van der Waals surface area contributed by atoms with E-state index >= 15 is 0 Å². The third-order valence-electron chi connectivity index (χ3n) is 3.69. The number of nitrogens with one attached hydrogen (secondary N) is 1. The highest BCUT2D eigenvalue weighted by molar-refractivity contribution is 6.03. The Bertz CT molecular complexity index is 480. The van der Waals surface area contributed by atoms with Gasteiger partial charge in [-0.1, -0.05) is 45.4 Å². The molecule has 1 amide bonds. The second-order valence-corrected chi connectivity index (χ2v) is 5.93. The minimum Gasteiger partial charge on any atom is -0.311 e. The van der Waals surface area contributed by atoms with E-state index in [2.05, 4.69) is 17.3 Å². The molecule has 1 aromatic heterocycles. The van der Waals surface area contributed by atoms with Crippen LogP contribution in [0.3, 0.4) is 0 Å². The minimum absolute atomic E-state index is 0.0185. The summed E-state index contributed by atoms with van der Waals surface area (Å²) in [5, 5.41) is 6.88. The predicted octanol–water partition coefficient (Wildman–Crippen LogP) is 3.77. The molecule has 0 aliphatic carbocycles. The molecule has 0 aliphatic rings. The van der Waals surface area contributed by atoms with E-state index in [0.29, 0.717) is 12.2 Å². The second-order valence-electron chi connectivity index (χ2n) is 5.93. The molecule has 0 aromatic carbocycles. The summed E-state index contributed by atoms with van der Waals surface area (Å²) < 4.78 is 1.61. The summed E-state index contributed by atoms with van der Waals surface area (Å²) in [6.45, 7) is 4.07. The first-order valence-electron chi connectivity index (χ1n) is 8.35. The Morgan fingerprint density at radius 2 is 1.77 bits per heavy atom. The zero-order valence-corrected chi connectivity index (χ0v) is 14.2. The van der Waals surface area contributed by atoms with Gasteiger partial charge in [0.15, 0.2) is 0 Å².